The molecule has 3 rings (SSSR count). The molecule has 148 valence electrons. The molecule has 1 atom stereocenters. The second kappa shape index (κ2) is 13.2. The molecule has 1 fully saturated rings. The zero-order valence-corrected chi connectivity index (χ0v) is 16.9. The van der Waals surface area contributed by atoms with Gasteiger partial charge in [-0.2, -0.15) is 0 Å². The molecule has 1 heterocycles. The SMILES string of the molecule is CCCCCCCC1COCCO1.CCCCCCOc1cc2ccc1=2. The van der Waals surface area contributed by atoms with E-state index in [1.165, 1.54) is 74.6 Å². The van der Waals surface area contributed by atoms with E-state index in [1.54, 1.807) is 0 Å². The van der Waals surface area contributed by atoms with Crippen LogP contribution in [0.15, 0.2) is 18.2 Å². The van der Waals surface area contributed by atoms with Gasteiger partial charge in [-0.05, 0) is 24.1 Å². The van der Waals surface area contributed by atoms with E-state index in [9.17, 15) is 0 Å². The van der Waals surface area contributed by atoms with Crippen molar-refractivity contribution in [1.82, 2.24) is 0 Å². The van der Waals surface area contributed by atoms with Crippen molar-refractivity contribution in [2.75, 3.05) is 26.4 Å². The molecule has 1 unspecified atom stereocenters. The van der Waals surface area contributed by atoms with Gasteiger partial charge in [0.25, 0.3) is 0 Å². The minimum Gasteiger partial charge on any atom is -0.493 e. The predicted molar refractivity (Wildman–Crippen MR) is 108 cm³/mol. The van der Waals surface area contributed by atoms with Crippen LogP contribution in [0, 0.1) is 10.4 Å². The van der Waals surface area contributed by atoms with Crippen molar-refractivity contribution in [2.24, 2.45) is 0 Å². The number of rotatable bonds is 12. The first kappa shape index (κ1) is 21.2. The first-order chi connectivity index (χ1) is 12.8. The minimum absolute atomic E-state index is 0.385. The Morgan fingerprint density at radius 2 is 1.69 bits per heavy atom. The van der Waals surface area contributed by atoms with Crippen LogP contribution in [0.1, 0.15) is 78.1 Å². The van der Waals surface area contributed by atoms with Gasteiger partial charge in [0.1, 0.15) is 5.75 Å². The van der Waals surface area contributed by atoms with Crippen molar-refractivity contribution in [3.63, 3.8) is 0 Å². The Labute approximate surface area is 159 Å². The van der Waals surface area contributed by atoms with Crippen molar-refractivity contribution in [3.05, 3.63) is 28.6 Å². The third-order valence-electron chi connectivity index (χ3n) is 5.06. The van der Waals surface area contributed by atoms with Gasteiger partial charge in [-0.3, -0.25) is 0 Å². The summed E-state index contributed by atoms with van der Waals surface area (Å²) in [4.78, 5) is 0. The van der Waals surface area contributed by atoms with Crippen LogP contribution < -0.4 is 4.74 Å². The zero-order chi connectivity index (χ0) is 18.5. The van der Waals surface area contributed by atoms with Crippen LogP contribution in [0.25, 0.3) is 0 Å². The van der Waals surface area contributed by atoms with E-state index in [2.05, 4.69) is 32.0 Å². The Morgan fingerprint density at radius 3 is 2.27 bits per heavy atom. The Balaban J connectivity index is 0.000000187. The monoisotopic (exact) mass is 362 g/mol. The molecule has 0 radical (unpaired) electrons. The molecule has 3 heteroatoms. The van der Waals surface area contributed by atoms with Crippen molar-refractivity contribution in [1.29, 1.82) is 0 Å². The Morgan fingerprint density at radius 1 is 0.923 bits per heavy atom. The smallest absolute Gasteiger partial charge is 0.127 e. The van der Waals surface area contributed by atoms with Gasteiger partial charge >= 0.3 is 0 Å². The lowest BCUT2D eigenvalue weighted by atomic mass is 10.1. The summed E-state index contributed by atoms with van der Waals surface area (Å²) in [6, 6.07) is 6.37. The molecule has 0 bridgehead atoms. The van der Waals surface area contributed by atoms with Gasteiger partial charge in [0.15, 0.2) is 0 Å². The summed E-state index contributed by atoms with van der Waals surface area (Å²) in [6.07, 6.45) is 13.4. The molecule has 0 spiro atoms. The molecule has 0 aromatic heterocycles. The third kappa shape index (κ3) is 7.67. The van der Waals surface area contributed by atoms with Gasteiger partial charge in [-0.15, -0.1) is 0 Å². The quantitative estimate of drug-likeness (QED) is 0.433. The van der Waals surface area contributed by atoms with Gasteiger partial charge in [-0.25, -0.2) is 0 Å². The first-order valence-electron chi connectivity index (χ1n) is 10.8. The maximum absolute atomic E-state index is 5.61. The molecule has 26 heavy (non-hydrogen) atoms. The second-order valence-electron chi connectivity index (χ2n) is 7.39. The molecule has 2 aliphatic carbocycles. The average molecular weight is 363 g/mol. The summed E-state index contributed by atoms with van der Waals surface area (Å²) < 4.78 is 16.5. The van der Waals surface area contributed by atoms with E-state index < -0.39 is 0 Å². The molecule has 1 saturated heterocycles. The Hall–Kier alpha value is -1.06. The number of hydrogen-bond acceptors (Lipinski definition) is 3. The van der Waals surface area contributed by atoms with Crippen molar-refractivity contribution >= 4 is 0 Å². The number of unbranched alkanes of at least 4 members (excludes halogenated alkanes) is 7. The summed E-state index contributed by atoms with van der Waals surface area (Å²) in [6.45, 7) is 7.75. The van der Waals surface area contributed by atoms with Crippen molar-refractivity contribution < 1.29 is 14.2 Å². The Bertz CT molecular complexity index is 563. The highest BCUT2D eigenvalue weighted by molar-refractivity contribution is 5.38. The highest BCUT2D eigenvalue weighted by Gasteiger charge is 2.13. The molecule has 0 aromatic rings. The predicted octanol–water partition coefficient (Wildman–Crippen LogP) is 6.01. The van der Waals surface area contributed by atoms with Crippen LogP contribution in [-0.2, 0) is 9.47 Å². The van der Waals surface area contributed by atoms with Gasteiger partial charge < -0.3 is 14.2 Å². The molecule has 0 aromatic carbocycles. The van der Waals surface area contributed by atoms with Crippen LogP contribution in [0.3, 0.4) is 0 Å². The van der Waals surface area contributed by atoms with Gasteiger partial charge in [0.05, 0.1) is 32.5 Å². The molecule has 1 aliphatic heterocycles. The topological polar surface area (TPSA) is 27.7 Å². The Kier molecular flexibility index (Phi) is 10.8. The summed E-state index contributed by atoms with van der Waals surface area (Å²) in [5.74, 6) is 1.11. The minimum atomic E-state index is 0.385. The van der Waals surface area contributed by atoms with Crippen molar-refractivity contribution in [2.45, 2.75) is 84.2 Å². The van der Waals surface area contributed by atoms with E-state index in [0.717, 1.165) is 32.2 Å². The lowest BCUT2D eigenvalue weighted by Crippen LogP contribution is -2.28. The number of benzene rings is 1. The zero-order valence-electron chi connectivity index (χ0n) is 16.9. The standard InChI is InChI=1S/C12H16O.C11H22O2/c1-2-3-4-5-8-13-12-9-10-6-7-11(10)12;1-2-3-4-5-6-7-11-10-12-8-9-13-11/h6-7,9H,2-5,8H2,1H3;11H,2-10H2,1H3. The highest BCUT2D eigenvalue weighted by Crippen LogP contribution is 2.24. The fourth-order valence-electron chi connectivity index (χ4n) is 3.26. The molecule has 3 nitrogen and oxygen atoms in total. The summed E-state index contributed by atoms with van der Waals surface area (Å²) in [5.41, 5.74) is 0. The third-order valence-corrected chi connectivity index (χ3v) is 5.06. The average Bonchev–Trinajstić information content (AvgIpc) is 2.66. The normalized spacial score (nSPS) is 17.4. The van der Waals surface area contributed by atoms with E-state index in [1.807, 2.05) is 0 Å². The molecule has 0 amide bonds. The highest BCUT2D eigenvalue weighted by atomic mass is 16.6. The fraction of sp³-hybridized carbons (Fsp3) is 0.739. The summed E-state index contributed by atoms with van der Waals surface area (Å²) in [7, 11) is 0. The molecule has 0 N–H and O–H groups in total. The first-order valence-corrected chi connectivity index (χ1v) is 10.8. The van der Waals surface area contributed by atoms with Crippen LogP contribution >= 0.6 is 0 Å². The molecular weight excluding hydrogens is 324 g/mol. The fourth-order valence-corrected chi connectivity index (χ4v) is 3.26. The molecule has 0 saturated carbocycles. The number of ether oxygens (including phenoxy) is 3. The molecule has 3 aliphatic rings. The van der Waals surface area contributed by atoms with Gasteiger partial charge in [0, 0.05) is 5.22 Å². The summed E-state index contributed by atoms with van der Waals surface area (Å²) in [5, 5.41) is 2.69. The van der Waals surface area contributed by atoms with Gasteiger partial charge in [-0.1, -0.05) is 77.3 Å². The largest absolute Gasteiger partial charge is 0.493 e. The van der Waals surface area contributed by atoms with Crippen molar-refractivity contribution in [3.8, 4) is 5.75 Å². The van der Waals surface area contributed by atoms with Gasteiger partial charge in [0.2, 0.25) is 0 Å². The van der Waals surface area contributed by atoms with E-state index >= 15 is 0 Å². The van der Waals surface area contributed by atoms with Crippen LogP contribution in [0.5, 0.6) is 5.75 Å². The van der Waals surface area contributed by atoms with E-state index in [4.69, 9.17) is 14.2 Å². The van der Waals surface area contributed by atoms with E-state index in [0.29, 0.717) is 6.10 Å². The van der Waals surface area contributed by atoms with Crippen LogP contribution in [-0.4, -0.2) is 32.5 Å². The molecular formula is C23H38O3. The lowest BCUT2D eigenvalue weighted by molar-refractivity contribution is -0.0912. The lowest BCUT2D eigenvalue weighted by Gasteiger charge is -2.22. The van der Waals surface area contributed by atoms with Crippen LogP contribution in [0.4, 0.5) is 0 Å². The summed E-state index contributed by atoms with van der Waals surface area (Å²) >= 11 is 0. The second-order valence-corrected chi connectivity index (χ2v) is 7.39. The van der Waals surface area contributed by atoms with Crippen LogP contribution in [0.2, 0.25) is 0 Å². The maximum atomic E-state index is 5.61. The maximum Gasteiger partial charge on any atom is 0.127 e. The number of hydrogen-bond donors (Lipinski definition) is 0. The van der Waals surface area contributed by atoms with E-state index in [-0.39, 0.29) is 0 Å².